The first-order valence-corrected chi connectivity index (χ1v) is 12.9. The van der Waals surface area contributed by atoms with E-state index in [2.05, 4.69) is 0 Å². The minimum atomic E-state index is -1.25. The third-order valence-electron chi connectivity index (χ3n) is 6.30. The van der Waals surface area contributed by atoms with Crippen LogP contribution in [0.2, 0.25) is 0 Å². The van der Waals surface area contributed by atoms with Crippen molar-refractivity contribution in [2.45, 2.75) is 52.7 Å². The van der Waals surface area contributed by atoms with Gasteiger partial charge in [0.2, 0.25) is 0 Å². The first-order valence-electron chi connectivity index (χ1n) is 12.9. The Morgan fingerprint density at radius 3 is 1.32 bits per heavy atom. The Morgan fingerprint density at radius 1 is 0.579 bits per heavy atom. The van der Waals surface area contributed by atoms with E-state index in [9.17, 15) is 9.59 Å². The second-order valence-corrected chi connectivity index (χ2v) is 9.99. The molecule has 4 rings (SSSR count). The SMILES string of the molecule is CCOC(=O)C(C)(C)Oc1ccc2ccccc2c1-c1c(OC(C)(C)C(=O)OCC)ccc2ccccc12. The molecule has 0 saturated carbocycles. The summed E-state index contributed by atoms with van der Waals surface area (Å²) >= 11 is 0. The van der Waals surface area contributed by atoms with Gasteiger partial charge in [0.1, 0.15) is 11.5 Å². The molecule has 0 aromatic heterocycles. The number of carbonyl (C=O) groups excluding carboxylic acids is 2. The summed E-state index contributed by atoms with van der Waals surface area (Å²) in [4.78, 5) is 25.5. The molecule has 0 aliphatic rings. The Bertz CT molecular complexity index is 1370. The van der Waals surface area contributed by atoms with Crippen molar-refractivity contribution >= 4 is 33.5 Å². The van der Waals surface area contributed by atoms with Crippen molar-refractivity contribution in [3.05, 3.63) is 72.8 Å². The minimum Gasteiger partial charge on any atom is -0.475 e. The number of carbonyl (C=O) groups is 2. The molecule has 4 aromatic rings. The lowest BCUT2D eigenvalue weighted by Crippen LogP contribution is -2.40. The molecular formula is C32H34O6. The van der Waals surface area contributed by atoms with Crippen LogP contribution in [0.4, 0.5) is 0 Å². The molecule has 0 atom stereocenters. The van der Waals surface area contributed by atoms with E-state index in [-0.39, 0.29) is 13.2 Å². The molecule has 0 fully saturated rings. The first kappa shape index (κ1) is 27.0. The fourth-order valence-electron chi connectivity index (χ4n) is 4.43. The zero-order chi connectivity index (χ0) is 27.5. The van der Waals surface area contributed by atoms with E-state index in [1.165, 1.54) is 0 Å². The summed E-state index contributed by atoms with van der Waals surface area (Å²) < 4.78 is 23.4. The predicted octanol–water partition coefficient (Wildman–Crippen LogP) is 7.10. The lowest BCUT2D eigenvalue weighted by Gasteiger charge is -2.29. The van der Waals surface area contributed by atoms with Crippen molar-refractivity contribution < 1.29 is 28.5 Å². The largest absolute Gasteiger partial charge is 0.475 e. The fraction of sp³-hybridized carbons (Fsp3) is 0.312. The molecule has 38 heavy (non-hydrogen) atoms. The average Bonchev–Trinajstić information content (AvgIpc) is 2.89. The molecule has 0 aliphatic carbocycles. The highest BCUT2D eigenvalue weighted by molar-refractivity contribution is 6.10. The van der Waals surface area contributed by atoms with Crippen LogP contribution in [-0.4, -0.2) is 36.4 Å². The second-order valence-electron chi connectivity index (χ2n) is 9.99. The van der Waals surface area contributed by atoms with E-state index < -0.39 is 23.1 Å². The number of hydrogen-bond donors (Lipinski definition) is 0. The molecule has 0 spiro atoms. The van der Waals surface area contributed by atoms with Crippen LogP contribution in [-0.2, 0) is 19.1 Å². The van der Waals surface area contributed by atoms with E-state index in [0.29, 0.717) is 11.5 Å². The van der Waals surface area contributed by atoms with Crippen molar-refractivity contribution in [3.63, 3.8) is 0 Å². The standard InChI is InChI=1S/C32H34O6/c1-7-35-29(33)31(3,4)37-25-19-17-21-13-9-11-15-23(21)27(25)28-24-16-12-10-14-22(24)18-20-26(28)38-32(5,6)30(34)36-8-2/h9-20H,7-8H2,1-6H3. The van der Waals surface area contributed by atoms with Crippen molar-refractivity contribution in [2.24, 2.45) is 0 Å². The molecule has 0 saturated heterocycles. The fourth-order valence-corrected chi connectivity index (χ4v) is 4.43. The highest BCUT2D eigenvalue weighted by atomic mass is 16.6. The summed E-state index contributed by atoms with van der Waals surface area (Å²) in [6.45, 7) is 10.8. The lowest BCUT2D eigenvalue weighted by atomic mass is 9.91. The van der Waals surface area contributed by atoms with Crippen LogP contribution in [0.1, 0.15) is 41.5 Å². The molecule has 0 aliphatic heterocycles. The Balaban J connectivity index is 2.02. The maximum Gasteiger partial charge on any atom is 0.349 e. The predicted molar refractivity (Wildman–Crippen MR) is 150 cm³/mol. The zero-order valence-electron chi connectivity index (χ0n) is 22.8. The van der Waals surface area contributed by atoms with E-state index in [1.54, 1.807) is 41.5 Å². The molecule has 0 unspecified atom stereocenters. The second kappa shape index (κ2) is 10.7. The number of esters is 2. The monoisotopic (exact) mass is 514 g/mol. The van der Waals surface area contributed by atoms with Crippen LogP contribution in [0, 0.1) is 0 Å². The Labute approximate surface area is 223 Å². The summed E-state index contributed by atoms with van der Waals surface area (Å²) in [6, 6.07) is 23.6. The summed E-state index contributed by atoms with van der Waals surface area (Å²) in [6.07, 6.45) is 0. The highest BCUT2D eigenvalue weighted by Gasteiger charge is 2.35. The smallest absolute Gasteiger partial charge is 0.349 e. The Morgan fingerprint density at radius 2 is 0.947 bits per heavy atom. The molecule has 0 radical (unpaired) electrons. The summed E-state index contributed by atoms with van der Waals surface area (Å²) in [5.74, 6) is 0.0719. The van der Waals surface area contributed by atoms with Crippen LogP contribution in [0.25, 0.3) is 32.7 Å². The third kappa shape index (κ3) is 5.30. The Hall–Kier alpha value is -4.06. The number of hydrogen-bond acceptors (Lipinski definition) is 6. The van der Waals surface area contributed by atoms with Gasteiger partial charge in [-0.25, -0.2) is 9.59 Å². The molecule has 6 nitrogen and oxygen atoms in total. The maximum atomic E-state index is 12.8. The van der Waals surface area contributed by atoms with Gasteiger partial charge in [0.15, 0.2) is 11.2 Å². The van der Waals surface area contributed by atoms with Gasteiger partial charge in [-0.05, 0) is 75.2 Å². The Kier molecular flexibility index (Phi) is 7.63. The van der Waals surface area contributed by atoms with Crippen LogP contribution in [0.3, 0.4) is 0 Å². The van der Waals surface area contributed by atoms with E-state index in [0.717, 1.165) is 32.7 Å². The third-order valence-corrected chi connectivity index (χ3v) is 6.30. The van der Waals surface area contributed by atoms with Gasteiger partial charge >= 0.3 is 11.9 Å². The summed E-state index contributed by atoms with van der Waals surface area (Å²) in [7, 11) is 0. The van der Waals surface area contributed by atoms with E-state index in [1.807, 2.05) is 72.8 Å². The van der Waals surface area contributed by atoms with Gasteiger partial charge in [0.05, 0.1) is 13.2 Å². The van der Waals surface area contributed by atoms with Crippen molar-refractivity contribution in [1.29, 1.82) is 0 Å². The molecule has 0 bridgehead atoms. The van der Waals surface area contributed by atoms with Crippen LogP contribution in [0.5, 0.6) is 11.5 Å². The first-order chi connectivity index (χ1) is 18.1. The van der Waals surface area contributed by atoms with Crippen molar-refractivity contribution in [2.75, 3.05) is 13.2 Å². The van der Waals surface area contributed by atoms with E-state index >= 15 is 0 Å². The molecule has 6 heteroatoms. The number of rotatable bonds is 9. The molecule has 0 heterocycles. The lowest BCUT2D eigenvalue weighted by molar-refractivity contribution is -0.159. The van der Waals surface area contributed by atoms with Crippen molar-refractivity contribution in [3.8, 4) is 22.6 Å². The van der Waals surface area contributed by atoms with Gasteiger partial charge in [-0.1, -0.05) is 60.7 Å². The molecule has 198 valence electrons. The average molecular weight is 515 g/mol. The molecule has 0 amide bonds. The summed E-state index contributed by atoms with van der Waals surface area (Å²) in [5, 5.41) is 3.82. The topological polar surface area (TPSA) is 71.1 Å². The minimum absolute atomic E-state index is 0.250. The number of fused-ring (bicyclic) bond motifs is 2. The van der Waals surface area contributed by atoms with E-state index in [4.69, 9.17) is 18.9 Å². The van der Waals surface area contributed by atoms with Crippen molar-refractivity contribution in [1.82, 2.24) is 0 Å². The van der Waals surface area contributed by atoms with Crippen LogP contribution < -0.4 is 9.47 Å². The number of benzene rings is 4. The molecule has 0 N–H and O–H groups in total. The van der Waals surface area contributed by atoms with Crippen LogP contribution in [0.15, 0.2) is 72.8 Å². The maximum absolute atomic E-state index is 12.8. The van der Waals surface area contributed by atoms with Gasteiger partial charge < -0.3 is 18.9 Å². The summed E-state index contributed by atoms with van der Waals surface area (Å²) in [5.41, 5.74) is -0.981. The quantitative estimate of drug-likeness (QED) is 0.222. The van der Waals surface area contributed by atoms with Gasteiger partial charge in [0, 0.05) is 11.1 Å². The molecular weight excluding hydrogens is 480 g/mol. The van der Waals surface area contributed by atoms with Gasteiger partial charge in [0.25, 0.3) is 0 Å². The highest BCUT2D eigenvalue weighted by Crippen LogP contribution is 2.47. The van der Waals surface area contributed by atoms with Gasteiger partial charge in [-0.2, -0.15) is 0 Å². The van der Waals surface area contributed by atoms with Crippen LogP contribution >= 0.6 is 0 Å². The normalized spacial score (nSPS) is 11.8. The zero-order valence-corrected chi connectivity index (χ0v) is 22.8. The molecule has 4 aromatic carbocycles. The van der Waals surface area contributed by atoms with Gasteiger partial charge in [-0.3, -0.25) is 0 Å². The number of ether oxygens (including phenoxy) is 4. The van der Waals surface area contributed by atoms with Gasteiger partial charge in [-0.15, -0.1) is 0 Å².